The quantitative estimate of drug-likeness (QED) is 0.450. The fraction of sp³-hybridized carbons (Fsp3) is 0.200. The summed E-state index contributed by atoms with van der Waals surface area (Å²) in [5, 5.41) is 12.8. The summed E-state index contributed by atoms with van der Waals surface area (Å²) in [6.07, 6.45) is -0.682. The van der Waals surface area contributed by atoms with E-state index < -0.39 is 18.1 Å². The van der Waals surface area contributed by atoms with E-state index in [-0.39, 0.29) is 25.4 Å². The zero-order valence-electron chi connectivity index (χ0n) is 17.1. The van der Waals surface area contributed by atoms with Crippen LogP contribution in [0.3, 0.4) is 0 Å². The minimum Gasteiger partial charge on any atom is -0.481 e. The van der Waals surface area contributed by atoms with Gasteiger partial charge in [-0.25, -0.2) is 4.79 Å². The van der Waals surface area contributed by atoms with Gasteiger partial charge in [0, 0.05) is 22.0 Å². The summed E-state index contributed by atoms with van der Waals surface area (Å²) >= 11 is 12.1. The number of halogens is 2. The molecule has 3 aromatic rings. The van der Waals surface area contributed by atoms with Crippen LogP contribution in [0.4, 0.5) is 4.79 Å². The maximum atomic E-state index is 12.6. The molecule has 3 aromatic carbocycles. The van der Waals surface area contributed by atoms with E-state index in [0.29, 0.717) is 15.6 Å². The molecule has 0 saturated carbocycles. The second kappa shape index (κ2) is 9.63. The predicted octanol–water partition coefficient (Wildman–Crippen LogP) is 5.92. The van der Waals surface area contributed by atoms with Crippen molar-refractivity contribution in [3.63, 3.8) is 0 Å². The SMILES string of the molecule is O=C(O)C[C@H](Cc1ccc(Cl)cc1Cl)NC(=O)OCC1c2ccccc2-c2ccccc21. The van der Waals surface area contributed by atoms with Gasteiger partial charge in [-0.05, 0) is 46.4 Å². The first-order valence-corrected chi connectivity index (χ1v) is 10.9. The van der Waals surface area contributed by atoms with Crippen LogP contribution in [0.25, 0.3) is 11.1 Å². The average Bonchev–Trinajstić information content (AvgIpc) is 3.07. The molecule has 1 aliphatic carbocycles. The van der Waals surface area contributed by atoms with Crippen LogP contribution in [0.1, 0.15) is 29.0 Å². The highest BCUT2D eigenvalue weighted by Gasteiger charge is 2.29. The van der Waals surface area contributed by atoms with Crippen LogP contribution in [0.2, 0.25) is 10.0 Å². The first kappa shape index (κ1) is 22.2. The van der Waals surface area contributed by atoms with Crippen LogP contribution >= 0.6 is 23.2 Å². The predicted molar refractivity (Wildman–Crippen MR) is 124 cm³/mol. The summed E-state index contributed by atoms with van der Waals surface area (Å²) in [5.74, 6) is -1.10. The van der Waals surface area contributed by atoms with Crippen LogP contribution in [0.5, 0.6) is 0 Å². The third-order valence-electron chi connectivity index (χ3n) is 5.57. The van der Waals surface area contributed by atoms with Crippen molar-refractivity contribution in [2.24, 2.45) is 0 Å². The van der Waals surface area contributed by atoms with Crippen molar-refractivity contribution in [2.45, 2.75) is 24.8 Å². The number of alkyl carbamates (subject to hydrolysis) is 1. The van der Waals surface area contributed by atoms with Crippen molar-refractivity contribution in [3.8, 4) is 11.1 Å². The van der Waals surface area contributed by atoms with Gasteiger partial charge in [-0.2, -0.15) is 0 Å². The summed E-state index contributed by atoms with van der Waals surface area (Å²) in [6, 6.07) is 20.4. The molecule has 0 bridgehead atoms. The van der Waals surface area contributed by atoms with Gasteiger partial charge in [-0.15, -0.1) is 0 Å². The van der Waals surface area contributed by atoms with Gasteiger partial charge in [0.05, 0.1) is 6.42 Å². The number of benzene rings is 3. The Morgan fingerprint density at radius 1 is 0.969 bits per heavy atom. The number of aliphatic carboxylic acids is 1. The molecule has 1 amide bonds. The lowest BCUT2D eigenvalue weighted by atomic mass is 9.98. The molecule has 164 valence electrons. The van der Waals surface area contributed by atoms with Gasteiger partial charge in [0.1, 0.15) is 6.61 Å². The number of fused-ring (bicyclic) bond motifs is 3. The minimum atomic E-state index is -1.03. The molecule has 0 fully saturated rings. The highest BCUT2D eigenvalue weighted by Crippen LogP contribution is 2.44. The number of hydrogen-bond donors (Lipinski definition) is 2. The Morgan fingerprint density at radius 3 is 2.19 bits per heavy atom. The molecule has 0 radical (unpaired) electrons. The number of hydrogen-bond acceptors (Lipinski definition) is 3. The van der Waals surface area contributed by atoms with Crippen molar-refractivity contribution >= 4 is 35.3 Å². The number of nitrogens with one attached hydrogen (secondary N) is 1. The molecule has 4 rings (SSSR count). The van der Waals surface area contributed by atoms with Gasteiger partial charge in [0.2, 0.25) is 0 Å². The Labute approximate surface area is 195 Å². The normalized spacial score (nSPS) is 13.2. The van der Waals surface area contributed by atoms with Gasteiger partial charge in [-0.1, -0.05) is 77.8 Å². The summed E-state index contributed by atoms with van der Waals surface area (Å²) in [5.41, 5.74) is 5.19. The van der Waals surface area contributed by atoms with Gasteiger partial charge < -0.3 is 15.2 Å². The van der Waals surface area contributed by atoms with Gasteiger partial charge in [0.25, 0.3) is 0 Å². The van der Waals surface area contributed by atoms with Crippen molar-refractivity contribution in [3.05, 3.63) is 93.5 Å². The maximum Gasteiger partial charge on any atom is 0.407 e. The molecule has 2 N–H and O–H groups in total. The number of carbonyl (C=O) groups excluding carboxylic acids is 1. The topological polar surface area (TPSA) is 75.6 Å². The van der Waals surface area contributed by atoms with Crippen molar-refractivity contribution in [2.75, 3.05) is 6.61 Å². The first-order valence-electron chi connectivity index (χ1n) is 10.2. The third-order valence-corrected chi connectivity index (χ3v) is 6.16. The largest absolute Gasteiger partial charge is 0.481 e. The number of carboxylic acid groups (broad SMARTS) is 1. The second-order valence-electron chi connectivity index (χ2n) is 7.70. The van der Waals surface area contributed by atoms with Gasteiger partial charge in [-0.3, -0.25) is 4.79 Å². The molecule has 1 aliphatic rings. The number of rotatable bonds is 7. The van der Waals surface area contributed by atoms with E-state index in [2.05, 4.69) is 17.4 Å². The van der Waals surface area contributed by atoms with E-state index in [9.17, 15) is 14.7 Å². The third kappa shape index (κ3) is 4.90. The molecule has 0 spiro atoms. The Hall–Kier alpha value is -3.02. The number of ether oxygens (including phenoxy) is 1. The molecule has 5 nitrogen and oxygen atoms in total. The smallest absolute Gasteiger partial charge is 0.407 e. The maximum absolute atomic E-state index is 12.6. The zero-order valence-corrected chi connectivity index (χ0v) is 18.6. The molecular weight excluding hydrogens is 449 g/mol. The van der Waals surface area contributed by atoms with E-state index in [1.807, 2.05) is 36.4 Å². The number of carboxylic acids is 1. The van der Waals surface area contributed by atoms with Gasteiger partial charge in [0.15, 0.2) is 0 Å². The average molecular weight is 470 g/mol. The molecule has 32 heavy (non-hydrogen) atoms. The van der Waals surface area contributed by atoms with E-state index in [0.717, 1.165) is 22.3 Å². The van der Waals surface area contributed by atoms with E-state index in [1.165, 1.54) is 0 Å². The summed E-state index contributed by atoms with van der Waals surface area (Å²) in [7, 11) is 0. The molecule has 1 atom stereocenters. The molecule has 0 aliphatic heterocycles. The molecule has 7 heteroatoms. The fourth-order valence-electron chi connectivity index (χ4n) is 4.14. The van der Waals surface area contributed by atoms with Crippen molar-refractivity contribution in [1.29, 1.82) is 0 Å². The van der Waals surface area contributed by atoms with Crippen molar-refractivity contribution in [1.82, 2.24) is 5.32 Å². The monoisotopic (exact) mass is 469 g/mol. The van der Waals surface area contributed by atoms with Crippen LogP contribution < -0.4 is 5.32 Å². The molecule has 0 heterocycles. The van der Waals surface area contributed by atoms with Gasteiger partial charge >= 0.3 is 12.1 Å². The Morgan fingerprint density at radius 2 is 1.59 bits per heavy atom. The van der Waals surface area contributed by atoms with Crippen LogP contribution in [0, 0.1) is 0 Å². The summed E-state index contributed by atoms with van der Waals surface area (Å²) in [6.45, 7) is 0.154. The summed E-state index contributed by atoms with van der Waals surface area (Å²) < 4.78 is 5.54. The lowest BCUT2D eigenvalue weighted by molar-refractivity contribution is -0.137. The van der Waals surface area contributed by atoms with Crippen LogP contribution in [0.15, 0.2) is 66.7 Å². The lowest BCUT2D eigenvalue weighted by Crippen LogP contribution is -2.39. The first-order chi connectivity index (χ1) is 15.4. The standard InChI is InChI=1S/C25H21Cl2NO4/c26-16-10-9-15(23(27)12-16)11-17(13-24(29)30)28-25(31)32-14-22-20-7-3-1-5-18(20)19-6-2-4-8-21(19)22/h1-10,12,17,22H,11,13-14H2,(H,28,31)(H,29,30)/t17-/m0/s1. The van der Waals surface area contributed by atoms with E-state index in [4.69, 9.17) is 27.9 Å². The Kier molecular flexibility index (Phi) is 6.68. The second-order valence-corrected chi connectivity index (χ2v) is 8.55. The number of carbonyl (C=O) groups is 2. The van der Waals surface area contributed by atoms with E-state index >= 15 is 0 Å². The fourth-order valence-corrected chi connectivity index (χ4v) is 4.63. The Bertz CT molecular complexity index is 1120. The van der Waals surface area contributed by atoms with Crippen LogP contribution in [-0.4, -0.2) is 29.8 Å². The van der Waals surface area contributed by atoms with Crippen LogP contribution in [-0.2, 0) is 16.0 Å². The molecule has 0 unspecified atom stereocenters. The minimum absolute atomic E-state index is 0.0724. The molecular formula is C25H21Cl2NO4. The summed E-state index contributed by atoms with van der Waals surface area (Å²) in [4.78, 5) is 23.9. The highest BCUT2D eigenvalue weighted by atomic mass is 35.5. The zero-order chi connectivity index (χ0) is 22.7. The van der Waals surface area contributed by atoms with Crippen molar-refractivity contribution < 1.29 is 19.4 Å². The molecule has 0 saturated heterocycles. The molecule has 0 aromatic heterocycles. The lowest BCUT2D eigenvalue weighted by Gasteiger charge is -2.19. The highest BCUT2D eigenvalue weighted by molar-refractivity contribution is 6.35. The van der Waals surface area contributed by atoms with E-state index in [1.54, 1.807) is 18.2 Å². The Balaban J connectivity index is 1.44. The number of amides is 1.